The number of rotatable bonds is 7. The number of hydrogen-bond donors (Lipinski definition) is 2. The summed E-state index contributed by atoms with van der Waals surface area (Å²) < 4.78 is 0. The van der Waals surface area contributed by atoms with Crippen LogP contribution in [0, 0.1) is 5.92 Å². The summed E-state index contributed by atoms with van der Waals surface area (Å²) >= 11 is 0. The first-order valence-corrected chi connectivity index (χ1v) is 10.0. The lowest BCUT2D eigenvalue weighted by atomic mass is 10.00. The third-order valence-corrected chi connectivity index (χ3v) is 5.04. The minimum absolute atomic E-state index is 0.0287. The van der Waals surface area contributed by atoms with E-state index in [2.05, 4.69) is 34.6 Å². The van der Waals surface area contributed by atoms with E-state index >= 15 is 0 Å². The van der Waals surface area contributed by atoms with Crippen LogP contribution in [0.3, 0.4) is 0 Å². The van der Waals surface area contributed by atoms with E-state index in [0.717, 1.165) is 36.8 Å². The molecule has 2 aromatic rings. The van der Waals surface area contributed by atoms with Crippen molar-refractivity contribution in [3.05, 3.63) is 65.7 Å². The van der Waals surface area contributed by atoms with Crippen LogP contribution in [0.2, 0.25) is 0 Å². The van der Waals surface area contributed by atoms with Crippen LogP contribution in [-0.4, -0.2) is 36.3 Å². The Hall–Kier alpha value is -2.66. The Kier molecular flexibility index (Phi) is 7.20. The number of nitrogens with zero attached hydrogens (tertiary/aromatic N) is 1. The number of piperidine rings is 1. The smallest absolute Gasteiger partial charge is 0.243 e. The molecule has 5 heteroatoms. The summed E-state index contributed by atoms with van der Waals surface area (Å²) in [6, 6.07) is 17.4. The molecule has 3 rings (SSSR count). The van der Waals surface area contributed by atoms with Crippen molar-refractivity contribution in [3.63, 3.8) is 0 Å². The highest BCUT2D eigenvalue weighted by Crippen LogP contribution is 2.18. The average Bonchev–Trinajstić information content (AvgIpc) is 2.69. The maximum absolute atomic E-state index is 12.1. The Balaban J connectivity index is 1.40. The summed E-state index contributed by atoms with van der Waals surface area (Å²) in [5.74, 6) is 0.385. The summed E-state index contributed by atoms with van der Waals surface area (Å²) in [6.45, 7) is 5.54. The summed E-state index contributed by atoms with van der Waals surface area (Å²) in [4.78, 5) is 26.5. The first kappa shape index (κ1) is 20.1. The number of likely N-dealkylation sites (tertiary alicyclic amines) is 1. The number of anilines is 1. The van der Waals surface area contributed by atoms with Crippen LogP contribution in [0.1, 0.15) is 30.9 Å². The van der Waals surface area contributed by atoms with Gasteiger partial charge in [-0.3, -0.25) is 14.5 Å². The van der Waals surface area contributed by atoms with Crippen molar-refractivity contribution >= 4 is 17.5 Å². The van der Waals surface area contributed by atoms with E-state index in [9.17, 15) is 9.59 Å². The first-order valence-electron chi connectivity index (χ1n) is 10.0. The van der Waals surface area contributed by atoms with Crippen LogP contribution in [0.15, 0.2) is 54.6 Å². The number of benzene rings is 2. The molecule has 0 aromatic heterocycles. The average molecular weight is 380 g/mol. The fraction of sp³-hybridized carbons (Fsp3) is 0.391. The Morgan fingerprint density at radius 3 is 2.46 bits per heavy atom. The maximum atomic E-state index is 12.1. The van der Waals surface area contributed by atoms with Gasteiger partial charge in [0.1, 0.15) is 0 Å². The largest absolute Gasteiger partial charge is 0.347 e. The van der Waals surface area contributed by atoms with Crippen LogP contribution in [0.25, 0.3) is 0 Å². The van der Waals surface area contributed by atoms with Gasteiger partial charge in [0.25, 0.3) is 0 Å². The molecule has 1 saturated heterocycles. The van der Waals surface area contributed by atoms with E-state index in [4.69, 9.17) is 0 Å². The van der Waals surface area contributed by atoms with Gasteiger partial charge >= 0.3 is 0 Å². The zero-order valence-corrected chi connectivity index (χ0v) is 16.5. The van der Waals surface area contributed by atoms with Crippen molar-refractivity contribution in [3.8, 4) is 0 Å². The topological polar surface area (TPSA) is 61.4 Å². The lowest BCUT2D eigenvalue weighted by Gasteiger charge is -2.30. The van der Waals surface area contributed by atoms with Gasteiger partial charge in [0.2, 0.25) is 11.8 Å². The highest BCUT2D eigenvalue weighted by molar-refractivity contribution is 5.94. The molecule has 0 radical (unpaired) electrons. The van der Waals surface area contributed by atoms with E-state index < -0.39 is 0 Å². The molecular formula is C23H29N3O2. The standard InChI is InChI=1S/C23H29N3O2/c1-18-6-5-13-26(16-18)17-20-9-11-21(12-10-20)25-23(28)15-24-22(27)14-19-7-3-2-4-8-19/h2-4,7-12,18H,5-6,13-17H2,1H3,(H,24,27)(H,25,28). The van der Waals surface area contributed by atoms with E-state index in [0.29, 0.717) is 0 Å². The zero-order chi connectivity index (χ0) is 19.8. The van der Waals surface area contributed by atoms with Gasteiger partial charge in [-0.1, -0.05) is 49.4 Å². The van der Waals surface area contributed by atoms with E-state index in [1.54, 1.807) is 0 Å². The Labute approximate surface area is 167 Å². The Morgan fingerprint density at radius 2 is 1.75 bits per heavy atom. The van der Waals surface area contributed by atoms with Crippen molar-refractivity contribution in [2.24, 2.45) is 5.92 Å². The van der Waals surface area contributed by atoms with Gasteiger partial charge in [-0.05, 0) is 48.6 Å². The van der Waals surface area contributed by atoms with E-state index in [1.807, 2.05) is 42.5 Å². The van der Waals surface area contributed by atoms with Crippen LogP contribution < -0.4 is 10.6 Å². The fourth-order valence-corrected chi connectivity index (χ4v) is 3.61. The number of amides is 2. The number of carbonyl (C=O) groups excluding carboxylic acids is 2. The Morgan fingerprint density at radius 1 is 1.00 bits per heavy atom. The quantitative estimate of drug-likeness (QED) is 0.777. The third-order valence-electron chi connectivity index (χ3n) is 5.04. The molecule has 0 saturated carbocycles. The molecule has 28 heavy (non-hydrogen) atoms. The summed E-state index contributed by atoms with van der Waals surface area (Å²) in [7, 11) is 0. The van der Waals surface area contributed by atoms with Crippen LogP contribution in [-0.2, 0) is 22.6 Å². The van der Waals surface area contributed by atoms with Crippen molar-refractivity contribution in [1.82, 2.24) is 10.2 Å². The first-order chi connectivity index (χ1) is 13.6. The molecule has 1 fully saturated rings. The molecule has 1 heterocycles. The summed E-state index contributed by atoms with van der Waals surface area (Å²) in [6.07, 6.45) is 2.87. The van der Waals surface area contributed by atoms with Crippen LogP contribution in [0.4, 0.5) is 5.69 Å². The van der Waals surface area contributed by atoms with Gasteiger partial charge in [0, 0.05) is 18.8 Å². The molecule has 5 nitrogen and oxygen atoms in total. The van der Waals surface area contributed by atoms with Gasteiger partial charge in [-0.2, -0.15) is 0 Å². The molecule has 1 atom stereocenters. The van der Waals surface area contributed by atoms with Crippen molar-refractivity contribution in [1.29, 1.82) is 0 Å². The van der Waals surface area contributed by atoms with Crippen molar-refractivity contribution in [2.75, 3.05) is 25.0 Å². The predicted molar refractivity (Wildman–Crippen MR) is 112 cm³/mol. The molecule has 1 aliphatic heterocycles. The molecule has 148 valence electrons. The highest BCUT2D eigenvalue weighted by atomic mass is 16.2. The SMILES string of the molecule is CC1CCCN(Cc2ccc(NC(=O)CNC(=O)Cc3ccccc3)cc2)C1. The normalized spacial score (nSPS) is 17.1. The lowest BCUT2D eigenvalue weighted by Crippen LogP contribution is -2.34. The minimum atomic E-state index is -0.223. The van der Waals surface area contributed by atoms with Crippen molar-refractivity contribution < 1.29 is 9.59 Å². The molecule has 1 aliphatic rings. The third kappa shape index (κ3) is 6.50. The number of carbonyl (C=O) groups is 2. The molecule has 0 aliphatic carbocycles. The van der Waals surface area contributed by atoms with E-state index in [1.165, 1.54) is 18.4 Å². The van der Waals surface area contributed by atoms with Gasteiger partial charge in [0.15, 0.2) is 0 Å². The fourth-order valence-electron chi connectivity index (χ4n) is 3.61. The minimum Gasteiger partial charge on any atom is -0.347 e. The maximum Gasteiger partial charge on any atom is 0.243 e. The molecule has 1 unspecified atom stereocenters. The second-order valence-electron chi connectivity index (χ2n) is 7.67. The molecule has 2 N–H and O–H groups in total. The predicted octanol–water partition coefficient (Wildman–Crippen LogP) is 3.22. The number of nitrogens with one attached hydrogen (secondary N) is 2. The van der Waals surface area contributed by atoms with Gasteiger partial charge in [-0.15, -0.1) is 0 Å². The molecule has 0 spiro atoms. The summed E-state index contributed by atoms with van der Waals surface area (Å²) in [5, 5.41) is 5.49. The zero-order valence-electron chi connectivity index (χ0n) is 16.5. The molecule has 2 amide bonds. The van der Waals surface area contributed by atoms with E-state index in [-0.39, 0.29) is 24.8 Å². The van der Waals surface area contributed by atoms with Crippen LogP contribution >= 0.6 is 0 Å². The lowest BCUT2D eigenvalue weighted by molar-refractivity contribution is -0.123. The monoisotopic (exact) mass is 379 g/mol. The van der Waals surface area contributed by atoms with Gasteiger partial charge in [0.05, 0.1) is 13.0 Å². The Bertz CT molecular complexity index is 774. The molecular weight excluding hydrogens is 350 g/mol. The summed E-state index contributed by atoms with van der Waals surface area (Å²) in [5.41, 5.74) is 2.93. The number of hydrogen-bond acceptors (Lipinski definition) is 3. The highest BCUT2D eigenvalue weighted by Gasteiger charge is 2.16. The molecule has 0 bridgehead atoms. The van der Waals surface area contributed by atoms with Gasteiger partial charge < -0.3 is 10.6 Å². The second kappa shape index (κ2) is 10.0. The van der Waals surface area contributed by atoms with Gasteiger partial charge in [-0.25, -0.2) is 0 Å². The van der Waals surface area contributed by atoms with Crippen LogP contribution in [0.5, 0.6) is 0 Å². The molecule has 2 aromatic carbocycles. The second-order valence-corrected chi connectivity index (χ2v) is 7.67. The van der Waals surface area contributed by atoms with Crippen molar-refractivity contribution in [2.45, 2.75) is 32.7 Å².